The minimum absolute atomic E-state index is 0.106. The van der Waals surface area contributed by atoms with E-state index < -0.39 is 97.5 Å². The number of carbonyl (C=O) groups excluding carboxylic acids is 4. The summed E-state index contributed by atoms with van der Waals surface area (Å²) in [5, 5.41) is 10.7. The van der Waals surface area contributed by atoms with Crippen LogP contribution in [0.25, 0.3) is 0 Å². The summed E-state index contributed by atoms with van der Waals surface area (Å²) in [7, 11) is -9.92. The van der Waals surface area contributed by atoms with Gasteiger partial charge in [0.15, 0.2) is 12.2 Å². The van der Waals surface area contributed by atoms with Crippen molar-refractivity contribution in [1.29, 1.82) is 0 Å². The molecule has 0 saturated heterocycles. The molecule has 2 unspecified atom stereocenters. The fraction of sp³-hybridized carbons (Fsp3) is 0.952. The minimum atomic E-state index is -4.96. The number of phosphoric acid groups is 2. The molecule has 0 rings (SSSR count). The molecule has 3 N–H and O–H groups in total. The van der Waals surface area contributed by atoms with Gasteiger partial charge in [-0.25, -0.2) is 9.13 Å². The van der Waals surface area contributed by atoms with E-state index in [9.17, 15) is 43.2 Å². The maximum absolute atomic E-state index is 13.1. The molecule has 0 aromatic rings. The number of esters is 4. The van der Waals surface area contributed by atoms with E-state index in [1.165, 1.54) is 238 Å². The third kappa shape index (κ3) is 76.3. The lowest BCUT2D eigenvalue weighted by Gasteiger charge is -2.21. The molecule has 0 heterocycles. The van der Waals surface area contributed by atoms with Crippen molar-refractivity contribution in [2.45, 2.75) is 452 Å². The Balaban J connectivity index is 5.21. The summed E-state index contributed by atoms with van der Waals surface area (Å²) in [4.78, 5) is 73.1. The molecule has 0 bridgehead atoms. The summed E-state index contributed by atoms with van der Waals surface area (Å²) >= 11 is 0. The lowest BCUT2D eigenvalue weighted by molar-refractivity contribution is -0.161. The topological polar surface area (TPSA) is 237 Å². The van der Waals surface area contributed by atoms with Crippen LogP contribution in [0.1, 0.15) is 434 Å². The number of aliphatic hydroxyl groups excluding tert-OH is 1. The lowest BCUT2D eigenvalue weighted by atomic mass is 10.0. The second-order valence-electron chi connectivity index (χ2n) is 31.3. The maximum Gasteiger partial charge on any atom is 0.472 e. The predicted octanol–water partition coefficient (Wildman–Crippen LogP) is 24.9. The van der Waals surface area contributed by atoms with E-state index in [0.717, 1.165) is 108 Å². The molecule has 0 aliphatic rings. The van der Waals surface area contributed by atoms with Gasteiger partial charge in [-0.05, 0) is 43.4 Å². The Kier molecular flexibility index (Phi) is 71.8. The zero-order valence-corrected chi connectivity index (χ0v) is 68.9. The van der Waals surface area contributed by atoms with Crippen LogP contribution in [0.3, 0.4) is 0 Å². The van der Waals surface area contributed by atoms with Gasteiger partial charge in [0.2, 0.25) is 0 Å². The number of hydrogen-bond acceptors (Lipinski definition) is 15. The number of carbonyl (C=O) groups is 4. The van der Waals surface area contributed by atoms with Crippen molar-refractivity contribution in [1.82, 2.24) is 0 Å². The van der Waals surface area contributed by atoms with Crippen LogP contribution < -0.4 is 0 Å². The fourth-order valence-electron chi connectivity index (χ4n) is 12.8. The first-order valence-electron chi connectivity index (χ1n) is 42.8. The number of unbranched alkanes of at least 4 members (excludes halogenated alkanes) is 49. The molecule has 0 aromatic heterocycles. The first-order chi connectivity index (χ1) is 49.2. The fourth-order valence-corrected chi connectivity index (χ4v) is 14.4. The molecule has 0 radical (unpaired) electrons. The summed E-state index contributed by atoms with van der Waals surface area (Å²) in [5.41, 5.74) is 0. The molecule has 5 atom stereocenters. The Morgan fingerprint density at radius 1 is 0.265 bits per heavy atom. The third-order valence-corrected chi connectivity index (χ3v) is 21.3. The van der Waals surface area contributed by atoms with Gasteiger partial charge < -0.3 is 33.8 Å². The maximum atomic E-state index is 13.1. The predicted molar refractivity (Wildman–Crippen MR) is 418 cm³/mol. The van der Waals surface area contributed by atoms with Gasteiger partial charge in [-0.2, -0.15) is 0 Å². The van der Waals surface area contributed by atoms with Gasteiger partial charge in [0.25, 0.3) is 0 Å². The monoisotopic (exact) mass is 1490 g/mol. The quantitative estimate of drug-likeness (QED) is 0.0222. The molecular weight excluding hydrogens is 1330 g/mol. The zero-order valence-electron chi connectivity index (χ0n) is 67.1. The van der Waals surface area contributed by atoms with E-state index in [1.807, 2.05) is 0 Å². The second-order valence-corrected chi connectivity index (χ2v) is 34.2. The Labute approximate surface area is 626 Å². The zero-order chi connectivity index (χ0) is 75.1. The SMILES string of the molecule is CCCCCCCCCCCCCCCCCCCCCCCCC(=O)O[C@H](COC(=O)CCCCCCCCCCCCCCC(C)C)COP(=O)(O)OC[C@@H](O)COP(=O)(O)OC[C@@H](COC(=O)CCCCCCCCCC(C)C)OC(=O)CCCCCCCCCCCCCCC(C)C. The molecule has 102 heavy (non-hydrogen) atoms. The smallest absolute Gasteiger partial charge is 0.462 e. The largest absolute Gasteiger partial charge is 0.472 e. The van der Waals surface area contributed by atoms with E-state index in [4.69, 9.17) is 37.0 Å². The summed E-state index contributed by atoms with van der Waals surface area (Å²) in [6.07, 6.45) is 62.7. The minimum Gasteiger partial charge on any atom is -0.462 e. The number of phosphoric ester groups is 2. The van der Waals surface area contributed by atoms with E-state index in [-0.39, 0.29) is 25.7 Å². The Hall–Kier alpha value is -1.94. The summed E-state index contributed by atoms with van der Waals surface area (Å²) in [6.45, 7) is 11.9. The molecule has 0 spiro atoms. The van der Waals surface area contributed by atoms with E-state index >= 15 is 0 Å². The number of ether oxygens (including phenoxy) is 4. The summed E-state index contributed by atoms with van der Waals surface area (Å²) < 4.78 is 68.8. The first-order valence-corrected chi connectivity index (χ1v) is 45.8. The summed E-state index contributed by atoms with van der Waals surface area (Å²) in [5.74, 6) is 0.152. The highest BCUT2D eigenvalue weighted by Crippen LogP contribution is 2.45. The normalized spacial score (nSPS) is 13.9. The average molecular weight is 1490 g/mol. The average Bonchev–Trinajstić information content (AvgIpc) is 0.914. The van der Waals surface area contributed by atoms with Crippen LogP contribution in [0, 0.1) is 17.8 Å². The van der Waals surface area contributed by atoms with Crippen molar-refractivity contribution < 1.29 is 80.2 Å². The lowest BCUT2D eigenvalue weighted by Crippen LogP contribution is -2.30. The standard InChI is InChI=1S/C83H162O17P2/c1-8-9-10-11-12-13-14-15-16-17-18-19-20-21-22-23-24-32-37-44-52-59-66-82(87)99-78(70-93-80(85)64-57-50-43-36-31-27-25-29-34-40-47-54-61-74(2)3)72-97-101(89,90)95-68-77(84)69-96-102(91,92)98-73-79(71-94-81(86)65-58-51-46-39-42-49-56-63-76(6)7)100-83(88)67-60-53-45-38-33-28-26-30-35-41-48-55-62-75(4)5/h74-79,84H,8-73H2,1-7H3,(H,89,90)(H,91,92)/t77-,78-,79-/m1/s1. The highest BCUT2D eigenvalue weighted by molar-refractivity contribution is 7.47. The van der Waals surface area contributed by atoms with E-state index in [1.54, 1.807) is 0 Å². The highest BCUT2D eigenvalue weighted by Gasteiger charge is 2.30. The molecule has 17 nitrogen and oxygen atoms in total. The molecule has 606 valence electrons. The van der Waals surface area contributed by atoms with Gasteiger partial charge >= 0.3 is 39.5 Å². The van der Waals surface area contributed by atoms with Crippen LogP contribution in [0.2, 0.25) is 0 Å². The van der Waals surface area contributed by atoms with Gasteiger partial charge in [-0.15, -0.1) is 0 Å². The molecule has 0 aliphatic heterocycles. The van der Waals surface area contributed by atoms with Crippen molar-refractivity contribution >= 4 is 39.5 Å². The van der Waals surface area contributed by atoms with Gasteiger partial charge in [0.05, 0.1) is 26.4 Å². The molecule has 0 saturated carbocycles. The summed E-state index contributed by atoms with van der Waals surface area (Å²) in [6, 6.07) is 0. The van der Waals surface area contributed by atoms with Crippen LogP contribution in [0.5, 0.6) is 0 Å². The van der Waals surface area contributed by atoms with Gasteiger partial charge in [-0.3, -0.25) is 37.3 Å². The molecule has 0 amide bonds. The van der Waals surface area contributed by atoms with Crippen LogP contribution >= 0.6 is 15.6 Å². The van der Waals surface area contributed by atoms with Crippen LogP contribution in [-0.2, 0) is 65.4 Å². The molecular formula is C83H162O17P2. The van der Waals surface area contributed by atoms with Gasteiger partial charge in [-0.1, -0.05) is 382 Å². The first kappa shape index (κ1) is 100. The Morgan fingerprint density at radius 3 is 0.667 bits per heavy atom. The highest BCUT2D eigenvalue weighted by atomic mass is 31.2. The number of aliphatic hydroxyl groups is 1. The number of hydrogen-bond donors (Lipinski definition) is 3. The molecule has 19 heteroatoms. The molecule has 0 fully saturated rings. The van der Waals surface area contributed by atoms with Crippen molar-refractivity contribution in [3.63, 3.8) is 0 Å². The van der Waals surface area contributed by atoms with Gasteiger partial charge in [0, 0.05) is 25.7 Å². The molecule has 0 aromatic carbocycles. The Bertz CT molecular complexity index is 1970. The van der Waals surface area contributed by atoms with Crippen molar-refractivity contribution in [3.8, 4) is 0 Å². The van der Waals surface area contributed by atoms with E-state index in [0.29, 0.717) is 31.6 Å². The van der Waals surface area contributed by atoms with Crippen LogP contribution in [0.15, 0.2) is 0 Å². The third-order valence-electron chi connectivity index (χ3n) is 19.4. The van der Waals surface area contributed by atoms with Crippen molar-refractivity contribution in [2.75, 3.05) is 39.6 Å². The second kappa shape index (κ2) is 73.2. The van der Waals surface area contributed by atoms with Crippen LogP contribution in [-0.4, -0.2) is 96.7 Å². The van der Waals surface area contributed by atoms with Crippen molar-refractivity contribution in [3.05, 3.63) is 0 Å². The Morgan fingerprint density at radius 2 is 0.451 bits per heavy atom. The van der Waals surface area contributed by atoms with Crippen molar-refractivity contribution in [2.24, 2.45) is 17.8 Å². The van der Waals surface area contributed by atoms with E-state index in [2.05, 4.69) is 48.5 Å². The molecule has 0 aliphatic carbocycles. The van der Waals surface area contributed by atoms with Crippen LogP contribution in [0.4, 0.5) is 0 Å². The number of rotatable bonds is 81. The van der Waals surface area contributed by atoms with Gasteiger partial charge in [0.1, 0.15) is 19.3 Å².